The summed E-state index contributed by atoms with van der Waals surface area (Å²) in [6, 6.07) is 5.38. The normalized spacial score (nSPS) is 18.0. The molecule has 10 nitrogen and oxygen atoms in total. The zero-order valence-corrected chi connectivity index (χ0v) is 18.1. The first kappa shape index (κ1) is 23.2. The number of aromatic nitrogens is 1. The topological polar surface area (TPSA) is 139 Å². The van der Waals surface area contributed by atoms with Gasteiger partial charge < -0.3 is 14.7 Å². The molecule has 1 amide bonds. The second-order valence-corrected chi connectivity index (χ2v) is 9.43. The van der Waals surface area contributed by atoms with Crippen molar-refractivity contribution >= 4 is 38.1 Å². The number of rotatable bonds is 9. The number of nitrogens with one attached hydrogen (secondary N) is 2. The zero-order chi connectivity index (χ0) is 22.4. The summed E-state index contributed by atoms with van der Waals surface area (Å²) in [5.74, 6) is -0.698. The minimum Gasteiger partial charge on any atom is -0.392 e. The minimum absolute atomic E-state index is 0.0425. The number of halogens is 1. The van der Waals surface area contributed by atoms with E-state index in [1.165, 1.54) is 31.2 Å². The molecule has 0 saturated carbocycles. The number of amides is 1. The van der Waals surface area contributed by atoms with E-state index in [1.54, 1.807) is 0 Å². The molecule has 0 aliphatic carbocycles. The quantitative estimate of drug-likeness (QED) is 0.367. The Balaban J connectivity index is 1.82. The van der Waals surface area contributed by atoms with Gasteiger partial charge in [0.2, 0.25) is 10.0 Å². The van der Waals surface area contributed by atoms with Crippen molar-refractivity contribution < 1.29 is 32.3 Å². The fraction of sp³-hybridized carbons (Fsp3) is 0.389. The maximum Gasteiger partial charge on any atom is 0.280 e. The third-order valence-electron chi connectivity index (χ3n) is 4.10. The Morgan fingerprint density at radius 3 is 2.77 bits per heavy atom. The van der Waals surface area contributed by atoms with Gasteiger partial charge in [0.05, 0.1) is 30.4 Å². The van der Waals surface area contributed by atoms with Crippen molar-refractivity contribution in [3.63, 3.8) is 0 Å². The Hall–Kier alpha value is -2.45. The number of sulfonamides is 1. The molecule has 2 aromatic rings. The largest absolute Gasteiger partial charge is 0.392 e. The summed E-state index contributed by atoms with van der Waals surface area (Å²) in [5.41, 5.74) is 0.145. The van der Waals surface area contributed by atoms with E-state index in [4.69, 9.17) is 9.57 Å². The molecular weight excluding hydrogens is 451 g/mol. The van der Waals surface area contributed by atoms with Crippen molar-refractivity contribution in [1.82, 2.24) is 9.71 Å². The number of aliphatic hydroxyl groups excluding tert-OH is 1. The first-order valence-electron chi connectivity index (χ1n) is 9.27. The molecule has 2 atom stereocenters. The highest BCUT2D eigenvalue weighted by atomic mass is 32.2. The van der Waals surface area contributed by atoms with Crippen LogP contribution in [0.25, 0.3) is 0 Å². The molecule has 1 aliphatic heterocycles. The van der Waals surface area contributed by atoms with E-state index in [2.05, 4.69) is 20.2 Å². The molecule has 168 valence electrons. The summed E-state index contributed by atoms with van der Waals surface area (Å²) in [4.78, 5) is 21.8. The summed E-state index contributed by atoms with van der Waals surface area (Å²) in [7, 11) is -3.84. The number of aliphatic hydroxyl groups is 1. The molecule has 3 N–H and O–H groups in total. The number of nitrogens with zero attached hydrogens (tertiary/aromatic N) is 2. The van der Waals surface area contributed by atoms with Crippen LogP contribution in [0.15, 0.2) is 40.5 Å². The second-order valence-electron chi connectivity index (χ2n) is 6.68. The molecule has 13 heteroatoms. The summed E-state index contributed by atoms with van der Waals surface area (Å²) in [5, 5.41) is 15.1. The molecule has 3 rings (SSSR count). The summed E-state index contributed by atoms with van der Waals surface area (Å²) in [6.07, 6.45) is 0.430. The number of thiazole rings is 1. The van der Waals surface area contributed by atoms with Gasteiger partial charge in [-0.15, -0.1) is 0 Å². The Morgan fingerprint density at radius 1 is 1.45 bits per heavy atom. The van der Waals surface area contributed by atoms with Crippen molar-refractivity contribution in [2.45, 2.75) is 30.4 Å². The molecule has 0 unspecified atom stereocenters. The lowest BCUT2D eigenvalue weighted by molar-refractivity contribution is -0.110. The maximum atomic E-state index is 13.2. The van der Waals surface area contributed by atoms with E-state index in [9.17, 15) is 22.7 Å². The van der Waals surface area contributed by atoms with E-state index < -0.39 is 27.2 Å². The van der Waals surface area contributed by atoms with Gasteiger partial charge in [-0.25, -0.2) is 18.1 Å². The Kier molecular flexibility index (Phi) is 7.67. The first-order valence-corrected chi connectivity index (χ1v) is 11.6. The maximum absolute atomic E-state index is 13.2. The molecule has 1 aromatic carbocycles. The minimum atomic E-state index is -3.84. The zero-order valence-electron chi connectivity index (χ0n) is 16.4. The van der Waals surface area contributed by atoms with Crippen molar-refractivity contribution in [3.05, 3.63) is 41.2 Å². The first-order chi connectivity index (χ1) is 14.7. The van der Waals surface area contributed by atoms with E-state index in [1.807, 2.05) is 0 Å². The van der Waals surface area contributed by atoms with Crippen molar-refractivity contribution in [1.29, 1.82) is 0 Å². The van der Waals surface area contributed by atoms with Crippen molar-refractivity contribution in [3.8, 4) is 0 Å². The standard InChI is InChI=1S/C18H21FN4O6S2/c1-11(24)8-21-31(26,27)14-4-2-12(3-5-14)16(23-29-13-6-7-28-10-13)17(25)22-18-20-9-15(19)30-18/h2-5,9,11,13,21,24H,6-8,10H2,1H3,(H,20,22,25)/t11-,13+/m0/s1. The average Bonchev–Trinajstić information content (AvgIpc) is 3.39. The fourth-order valence-corrected chi connectivity index (χ4v) is 4.18. The number of hydrogen-bond donors (Lipinski definition) is 3. The van der Waals surface area contributed by atoms with Crippen LogP contribution in [0, 0.1) is 5.13 Å². The lowest BCUT2D eigenvalue weighted by Gasteiger charge is -2.11. The summed E-state index contributed by atoms with van der Waals surface area (Å²) >= 11 is 0.652. The number of carbonyl (C=O) groups is 1. The molecule has 0 spiro atoms. The van der Waals surface area contributed by atoms with Crippen LogP contribution < -0.4 is 10.0 Å². The fourth-order valence-electron chi connectivity index (χ4n) is 2.52. The highest BCUT2D eigenvalue weighted by Gasteiger charge is 2.22. The number of anilines is 1. The van der Waals surface area contributed by atoms with Gasteiger partial charge in [-0.05, 0) is 19.1 Å². The van der Waals surface area contributed by atoms with Gasteiger partial charge in [0.1, 0.15) is 0 Å². The van der Waals surface area contributed by atoms with Gasteiger partial charge in [-0.2, -0.15) is 4.39 Å². The third kappa shape index (κ3) is 6.51. The Bertz CT molecular complexity index is 1030. The summed E-state index contributed by atoms with van der Waals surface area (Å²) in [6.45, 7) is 2.17. The molecule has 1 aromatic heterocycles. The molecule has 0 radical (unpaired) electrons. The van der Waals surface area contributed by atoms with Crippen LogP contribution in [0.3, 0.4) is 0 Å². The number of benzene rings is 1. The highest BCUT2D eigenvalue weighted by molar-refractivity contribution is 7.89. The van der Waals surface area contributed by atoms with Gasteiger partial charge in [-0.3, -0.25) is 10.1 Å². The van der Waals surface area contributed by atoms with E-state index >= 15 is 0 Å². The van der Waals surface area contributed by atoms with Crippen LogP contribution in [0.5, 0.6) is 0 Å². The van der Waals surface area contributed by atoms with Gasteiger partial charge in [0.25, 0.3) is 5.91 Å². The highest BCUT2D eigenvalue weighted by Crippen LogP contribution is 2.18. The monoisotopic (exact) mass is 472 g/mol. The van der Waals surface area contributed by atoms with E-state index in [0.29, 0.717) is 31.0 Å². The number of carbonyl (C=O) groups excluding carboxylic acids is 1. The predicted molar refractivity (Wildman–Crippen MR) is 111 cm³/mol. The Morgan fingerprint density at radius 2 is 2.19 bits per heavy atom. The van der Waals surface area contributed by atoms with Crippen LogP contribution in [0.1, 0.15) is 18.9 Å². The van der Waals surface area contributed by atoms with Crippen molar-refractivity contribution in [2.75, 3.05) is 25.1 Å². The SMILES string of the molecule is C[C@H](O)CNS(=O)(=O)c1ccc(C(=NO[C@@H]2CCOC2)C(=O)Nc2ncc(F)s2)cc1. The lowest BCUT2D eigenvalue weighted by Crippen LogP contribution is -2.30. The molecule has 2 heterocycles. The van der Waals surface area contributed by atoms with Crippen LogP contribution >= 0.6 is 11.3 Å². The third-order valence-corrected chi connectivity index (χ3v) is 6.24. The number of oxime groups is 1. The van der Waals surface area contributed by atoms with Crippen LogP contribution in [-0.4, -0.2) is 62.1 Å². The summed E-state index contributed by atoms with van der Waals surface area (Å²) < 4.78 is 45.2. The molecular formula is C18H21FN4O6S2. The Labute approximate surface area is 182 Å². The van der Waals surface area contributed by atoms with Gasteiger partial charge in [-0.1, -0.05) is 28.6 Å². The van der Waals surface area contributed by atoms with Gasteiger partial charge in [0.15, 0.2) is 22.1 Å². The van der Waals surface area contributed by atoms with Crippen LogP contribution in [-0.2, 0) is 24.4 Å². The average molecular weight is 473 g/mol. The van der Waals surface area contributed by atoms with Crippen LogP contribution in [0.4, 0.5) is 9.52 Å². The van der Waals surface area contributed by atoms with E-state index in [-0.39, 0.29) is 34.0 Å². The second kappa shape index (κ2) is 10.2. The number of ether oxygens (including phenoxy) is 1. The molecule has 1 fully saturated rings. The molecule has 31 heavy (non-hydrogen) atoms. The van der Waals surface area contributed by atoms with E-state index in [0.717, 1.165) is 6.20 Å². The molecule has 0 bridgehead atoms. The number of hydrogen-bond acceptors (Lipinski definition) is 9. The van der Waals surface area contributed by atoms with Crippen molar-refractivity contribution in [2.24, 2.45) is 5.16 Å². The smallest absolute Gasteiger partial charge is 0.280 e. The molecule has 1 aliphatic rings. The van der Waals surface area contributed by atoms with Crippen LogP contribution in [0.2, 0.25) is 0 Å². The lowest BCUT2D eigenvalue weighted by atomic mass is 10.1. The predicted octanol–water partition coefficient (Wildman–Crippen LogP) is 1.09. The van der Waals surface area contributed by atoms with Gasteiger partial charge >= 0.3 is 0 Å². The molecule has 1 saturated heterocycles. The van der Waals surface area contributed by atoms with Gasteiger partial charge in [0, 0.05) is 18.5 Å².